The van der Waals surface area contributed by atoms with Gasteiger partial charge in [0.2, 0.25) is 5.95 Å². The van der Waals surface area contributed by atoms with Crippen molar-refractivity contribution in [1.29, 1.82) is 0 Å². The Morgan fingerprint density at radius 3 is 2.55 bits per heavy atom. The van der Waals surface area contributed by atoms with Gasteiger partial charge in [0.05, 0.1) is 11.9 Å². The molecule has 2 aromatic carbocycles. The molecule has 0 aliphatic rings. The predicted molar refractivity (Wildman–Crippen MR) is 110 cm³/mol. The van der Waals surface area contributed by atoms with E-state index in [0.717, 1.165) is 16.6 Å². The van der Waals surface area contributed by atoms with Crippen LogP contribution in [0.4, 0.5) is 5.95 Å². The Morgan fingerprint density at radius 1 is 1.24 bits per heavy atom. The number of carboxylic acid groups (broad SMARTS) is 1. The van der Waals surface area contributed by atoms with Crippen LogP contribution in [0.1, 0.15) is 34.8 Å². The summed E-state index contributed by atoms with van der Waals surface area (Å²) >= 11 is 0. The second-order valence-electron chi connectivity index (χ2n) is 6.78. The summed E-state index contributed by atoms with van der Waals surface area (Å²) in [6.45, 7) is 6.49. The zero-order valence-electron chi connectivity index (χ0n) is 16.7. The highest BCUT2D eigenvalue weighted by Gasteiger charge is 2.16. The van der Waals surface area contributed by atoms with E-state index in [1.165, 1.54) is 0 Å². The summed E-state index contributed by atoms with van der Waals surface area (Å²) in [6, 6.07) is 9.11. The summed E-state index contributed by atoms with van der Waals surface area (Å²) in [5.41, 5.74) is 9.62. The maximum Gasteiger partial charge on any atom is 0.305 e. The first-order chi connectivity index (χ1) is 13.8. The Morgan fingerprint density at radius 2 is 1.93 bits per heavy atom. The van der Waals surface area contributed by atoms with Crippen LogP contribution in [-0.2, 0) is 11.3 Å². The molecular formula is C21H24N4O4. The third-order valence-corrected chi connectivity index (χ3v) is 4.65. The topological polar surface area (TPSA) is 119 Å². The molecule has 0 saturated carbocycles. The number of nitrogens with one attached hydrogen (secondary N) is 1. The maximum atomic E-state index is 12.3. The molecule has 0 unspecified atom stereocenters. The molecule has 0 bridgehead atoms. The van der Waals surface area contributed by atoms with Crippen molar-refractivity contribution in [2.45, 2.75) is 33.7 Å². The standard InChI is InChI=1S/C21H24N4O4/c1-4-25-15-6-5-7-16(18(15)24-21(25)22)29-19-12(2)10-14(11-13(19)3)20(28)23-9-8-17(26)27/h5-7,10-11H,4,8-9H2,1-3H3,(H2,22,24)(H,23,28)(H,26,27). The molecule has 0 spiro atoms. The van der Waals surface area contributed by atoms with Crippen LogP contribution in [0.15, 0.2) is 30.3 Å². The van der Waals surface area contributed by atoms with Gasteiger partial charge in [0, 0.05) is 18.7 Å². The minimum absolute atomic E-state index is 0.0774. The van der Waals surface area contributed by atoms with Gasteiger partial charge in [-0.2, -0.15) is 0 Å². The van der Waals surface area contributed by atoms with E-state index in [4.69, 9.17) is 15.6 Å². The lowest BCUT2D eigenvalue weighted by Crippen LogP contribution is -2.26. The number of aromatic nitrogens is 2. The van der Waals surface area contributed by atoms with Gasteiger partial charge in [0.25, 0.3) is 5.91 Å². The van der Waals surface area contributed by atoms with Gasteiger partial charge in [0.1, 0.15) is 11.3 Å². The Bertz CT molecular complexity index is 1060. The molecule has 1 heterocycles. The molecule has 8 nitrogen and oxygen atoms in total. The quantitative estimate of drug-likeness (QED) is 0.564. The molecule has 1 aromatic heterocycles. The average Bonchev–Trinajstić information content (AvgIpc) is 2.99. The number of fused-ring (bicyclic) bond motifs is 1. The van der Waals surface area contributed by atoms with Crippen molar-refractivity contribution in [2.75, 3.05) is 12.3 Å². The SMILES string of the molecule is CCn1c(N)nc2c(Oc3c(C)cc(C(=O)NCCC(=O)O)cc3C)cccc21. The van der Waals surface area contributed by atoms with Crippen molar-refractivity contribution in [1.82, 2.24) is 14.9 Å². The second-order valence-corrected chi connectivity index (χ2v) is 6.78. The van der Waals surface area contributed by atoms with Crippen LogP contribution in [0.2, 0.25) is 0 Å². The highest BCUT2D eigenvalue weighted by molar-refractivity contribution is 5.95. The molecule has 0 aliphatic heterocycles. The van der Waals surface area contributed by atoms with E-state index in [9.17, 15) is 9.59 Å². The number of rotatable bonds is 7. The summed E-state index contributed by atoms with van der Waals surface area (Å²) in [5.74, 6) is 0.387. The van der Waals surface area contributed by atoms with E-state index >= 15 is 0 Å². The van der Waals surface area contributed by atoms with Crippen molar-refractivity contribution < 1.29 is 19.4 Å². The number of carbonyl (C=O) groups excluding carboxylic acids is 1. The second kappa shape index (κ2) is 8.22. The summed E-state index contributed by atoms with van der Waals surface area (Å²) in [6.07, 6.45) is -0.123. The molecule has 152 valence electrons. The molecule has 0 aliphatic carbocycles. The maximum absolute atomic E-state index is 12.3. The number of aryl methyl sites for hydroxylation is 3. The number of para-hydroxylation sites is 1. The highest BCUT2D eigenvalue weighted by Crippen LogP contribution is 2.34. The molecule has 29 heavy (non-hydrogen) atoms. The van der Waals surface area contributed by atoms with Gasteiger partial charge in [-0.3, -0.25) is 9.59 Å². The van der Waals surface area contributed by atoms with Gasteiger partial charge >= 0.3 is 5.97 Å². The van der Waals surface area contributed by atoms with Crippen molar-refractivity contribution in [3.05, 3.63) is 47.0 Å². The number of ether oxygens (including phenoxy) is 1. The minimum Gasteiger partial charge on any atom is -0.481 e. The summed E-state index contributed by atoms with van der Waals surface area (Å²) in [7, 11) is 0. The van der Waals surface area contributed by atoms with E-state index in [2.05, 4.69) is 10.3 Å². The van der Waals surface area contributed by atoms with Gasteiger partial charge in [-0.25, -0.2) is 4.98 Å². The Kier molecular flexibility index (Phi) is 5.72. The Balaban J connectivity index is 1.88. The molecule has 4 N–H and O–H groups in total. The van der Waals surface area contributed by atoms with E-state index in [1.54, 1.807) is 12.1 Å². The first-order valence-corrected chi connectivity index (χ1v) is 9.35. The van der Waals surface area contributed by atoms with Crippen molar-refractivity contribution in [3.63, 3.8) is 0 Å². The Labute approximate surface area is 168 Å². The number of benzene rings is 2. The monoisotopic (exact) mass is 396 g/mol. The van der Waals surface area contributed by atoms with Crippen LogP contribution in [0, 0.1) is 13.8 Å². The number of amides is 1. The fraction of sp³-hybridized carbons (Fsp3) is 0.286. The molecule has 0 fully saturated rings. The van der Waals surface area contributed by atoms with Gasteiger partial charge in [-0.1, -0.05) is 6.07 Å². The fourth-order valence-electron chi connectivity index (χ4n) is 3.29. The van der Waals surface area contributed by atoms with Crippen LogP contribution in [-0.4, -0.2) is 33.1 Å². The van der Waals surface area contributed by atoms with Crippen molar-refractivity contribution in [2.24, 2.45) is 0 Å². The lowest BCUT2D eigenvalue weighted by molar-refractivity contribution is -0.136. The van der Waals surface area contributed by atoms with E-state index in [-0.39, 0.29) is 18.9 Å². The average molecular weight is 396 g/mol. The molecule has 3 rings (SSSR count). The largest absolute Gasteiger partial charge is 0.481 e. The van der Waals surface area contributed by atoms with Crippen LogP contribution in [0.3, 0.4) is 0 Å². The number of hydrogen-bond donors (Lipinski definition) is 3. The van der Waals surface area contributed by atoms with Crippen LogP contribution in [0.5, 0.6) is 11.5 Å². The molecule has 3 aromatic rings. The van der Waals surface area contributed by atoms with Gasteiger partial charge in [-0.15, -0.1) is 0 Å². The van der Waals surface area contributed by atoms with Gasteiger partial charge in [0.15, 0.2) is 5.75 Å². The number of nitrogens with zero attached hydrogens (tertiary/aromatic N) is 2. The number of hydrogen-bond acceptors (Lipinski definition) is 5. The molecule has 0 saturated heterocycles. The number of nitrogens with two attached hydrogens (primary N) is 1. The zero-order chi connectivity index (χ0) is 21.1. The molecule has 1 amide bonds. The minimum atomic E-state index is -0.957. The van der Waals surface area contributed by atoms with Crippen LogP contribution in [0.25, 0.3) is 11.0 Å². The summed E-state index contributed by atoms with van der Waals surface area (Å²) in [4.78, 5) is 27.3. The van der Waals surface area contributed by atoms with E-state index in [0.29, 0.717) is 35.1 Å². The fourth-order valence-corrected chi connectivity index (χ4v) is 3.29. The number of carboxylic acids is 1. The molecular weight excluding hydrogens is 372 g/mol. The smallest absolute Gasteiger partial charge is 0.305 e. The predicted octanol–water partition coefficient (Wildman–Crippen LogP) is 3.25. The first kappa shape index (κ1) is 20.2. The van der Waals surface area contributed by atoms with Crippen molar-refractivity contribution in [3.8, 4) is 11.5 Å². The summed E-state index contributed by atoms with van der Waals surface area (Å²) < 4.78 is 8.08. The lowest BCUT2D eigenvalue weighted by atomic mass is 10.0. The number of anilines is 1. The number of imidazole rings is 1. The third-order valence-electron chi connectivity index (χ3n) is 4.65. The summed E-state index contributed by atoms with van der Waals surface area (Å²) in [5, 5.41) is 11.3. The molecule has 0 atom stereocenters. The zero-order valence-corrected chi connectivity index (χ0v) is 16.7. The molecule has 0 radical (unpaired) electrons. The van der Waals surface area contributed by atoms with Crippen LogP contribution >= 0.6 is 0 Å². The number of nitrogen functional groups attached to an aromatic ring is 1. The van der Waals surface area contributed by atoms with E-state index < -0.39 is 5.97 Å². The van der Waals surface area contributed by atoms with E-state index in [1.807, 2.05) is 43.5 Å². The van der Waals surface area contributed by atoms with Crippen LogP contribution < -0.4 is 15.8 Å². The number of aliphatic carboxylic acids is 1. The lowest BCUT2D eigenvalue weighted by Gasteiger charge is -2.14. The first-order valence-electron chi connectivity index (χ1n) is 9.35. The number of carbonyl (C=O) groups is 2. The van der Waals surface area contributed by atoms with Crippen molar-refractivity contribution >= 4 is 28.9 Å². The van der Waals surface area contributed by atoms with Gasteiger partial charge < -0.3 is 25.5 Å². The Hall–Kier alpha value is -3.55. The highest BCUT2D eigenvalue weighted by atomic mass is 16.5. The van der Waals surface area contributed by atoms with Gasteiger partial charge in [-0.05, 0) is 56.2 Å². The normalized spacial score (nSPS) is 10.9. The third kappa shape index (κ3) is 4.16. The molecule has 8 heteroatoms.